The van der Waals surface area contributed by atoms with Crippen molar-refractivity contribution in [1.29, 1.82) is 0 Å². The molecule has 1 aliphatic rings. The largest absolute Gasteiger partial charge is 0.454 e. The van der Waals surface area contributed by atoms with Gasteiger partial charge in [-0.15, -0.1) is 0 Å². The van der Waals surface area contributed by atoms with Crippen molar-refractivity contribution < 1.29 is 14.3 Å². The summed E-state index contributed by atoms with van der Waals surface area (Å²) in [6.07, 6.45) is 0.413. The highest BCUT2D eigenvalue weighted by molar-refractivity contribution is 5.84. The molecule has 0 aliphatic carbocycles. The summed E-state index contributed by atoms with van der Waals surface area (Å²) >= 11 is 0. The molecule has 1 N–H and O–H groups in total. The van der Waals surface area contributed by atoms with Gasteiger partial charge in [0.25, 0.3) is 5.56 Å². The number of carbonyl (C=O) groups is 1. The summed E-state index contributed by atoms with van der Waals surface area (Å²) in [5.74, 6) is 1.07. The molecule has 1 amide bonds. The second-order valence-corrected chi connectivity index (χ2v) is 8.22. The van der Waals surface area contributed by atoms with Crippen LogP contribution in [0.5, 0.6) is 11.5 Å². The molecule has 0 radical (unpaired) electrons. The maximum absolute atomic E-state index is 13.5. The SMILES string of the molecule is CC[C@H](C(=O)NCc1ccc2c(c1)OCO2)n1nc(C)c2nn(-c3ccccc3)c(C)c2c1=O. The number of benzene rings is 2. The van der Waals surface area contributed by atoms with E-state index in [1.165, 1.54) is 4.68 Å². The Bertz CT molecular complexity index is 1440. The maximum Gasteiger partial charge on any atom is 0.278 e. The summed E-state index contributed by atoms with van der Waals surface area (Å²) in [6.45, 7) is 6.01. The summed E-state index contributed by atoms with van der Waals surface area (Å²) in [5, 5.41) is 12.5. The van der Waals surface area contributed by atoms with Crippen LogP contribution in [-0.4, -0.2) is 32.3 Å². The number of amides is 1. The number of rotatable bonds is 6. The first-order chi connectivity index (χ1) is 16.5. The molecule has 9 nitrogen and oxygen atoms in total. The first kappa shape index (κ1) is 21.7. The Balaban J connectivity index is 1.45. The monoisotopic (exact) mass is 459 g/mol. The quantitative estimate of drug-likeness (QED) is 0.475. The molecule has 0 unspecified atom stereocenters. The van der Waals surface area contributed by atoms with Crippen molar-refractivity contribution in [1.82, 2.24) is 24.9 Å². The van der Waals surface area contributed by atoms with Crippen LogP contribution in [0.2, 0.25) is 0 Å². The van der Waals surface area contributed by atoms with Crippen LogP contribution in [0.25, 0.3) is 16.6 Å². The Morgan fingerprint density at radius 1 is 1.09 bits per heavy atom. The highest BCUT2D eigenvalue weighted by atomic mass is 16.7. The molecule has 0 saturated carbocycles. The van der Waals surface area contributed by atoms with Crippen LogP contribution < -0.4 is 20.3 Å². The molecule has 34 heavy (non-hydrogen) atoms. The molecule has 1 atom stereocenters. The van der Waals surface area contributed by atoms with E-state index in [0.29, 0.717) is 46.8 Å². The molecule has 5 rings (SSSR count). The average Bonchev–Trinajstić information content (AvgIpc) is 3.46. The zero-order valence-electron chi connectivity index (χ0n) is 19.2. The normalized spacial score (nSPS) is 13.3. The number of fused-ring (bicyclic) bond motifs is 2. The maximum atomic E-state index is 13.5. The fourth-order valence-electron chi connectivity index (χ4n) is 4.24. The van der Waals surface area contributed by atoms with Crippen molar-refractivity contribution in [3.63, 3.8) is 0 Å². The Hall–Kier alpha value is -4.14. The van der Waals surface area contributed by atoms with Gasteiger partial charge >= 0.3 is 0 Å². The first-order valence-corrected chi connectivity index (χ1v) is 11.2. The predicted molar refractivity (Wildman–Crippen MR) is 126 cm³/mol. The van der Waals surface area contributed by atoms with Gasteiger partial charge in [0.2, 0.25) is 12.7 Å². The lowest BCUT2D eigenvalue weighted by Crippen LogP contribution is -2.38. The average molecular weight is 460 g/mol. The van der Waals surface area contributed by atoms with Gasteiger partial charge in [-0.05, 0) is 50.1 Å². The number of nitrogens with one attached hydrogen (secondary N) is 1. The van der Waals surface area contributed by atoms with Gasteiger partial charge in [0.1, 0.15) is 11.6 Å². The molecule has 0 spiro atoms. The van der Waals surface area contributed by atoms with E-state index < -0.39 is 6.04 Å². The van der Waals surface area contributed by atoms with E-state index in [-0.39, 0.29) is 18.3 Å². The van der Waals surface area contributed by atoms with E-state index in [0.717, 1.165) is 11.3 Å². The van der Waals surface area contributed by atoms with Crippen molar-refractivity contribution in [3.8, 4) is 17.2 Å². The first-order valence-electron chi connectivity index (χ1n) is 11.2. The van der Waals surface area contributed by atoms with Gasteiger partial charge in [0, 0.05) is 6.54 Å². The highest BCUT2D eigenvalue weighted by Crippen LogP contribution is 2.32. The van der Waals surface area contributed by atoms with Gasteiger partial charge in [-0.25, -0.2) is 9.36 Å². The number of carbonyl (C=O) groups excluding carboxylic acids is 1. The number of ether oxygens (including phenoxy) is 2. The minimum absolute atomic E-state index is 0.194. The summed E-state index contributed by atoms with van der Waals surface area (Å²) in [6, 6.07) is 14.4. The van der Waals surface area contributed by atoms with Crippen molar-refractivity contribution >= 4 is 16.8 Å². The Labute approximate surface area is 195 Å². The standard InChI is InChI=1S/C25H25N5O4/c1-4-19(24(31)26-13-17-10-11-20-21(12-17)34-14-33-20)30-25(32)22-16(3)29(18-8-6-5-7-9-18)28-23(22)15(2)27-30/h5-12,19H,4,13-14H2,1-3H3,(H,26,31)/t19-/m1/s1. The predicted octanol–water partition coefficient (Wildman–Crippen LogP) is 3.20. The molecule has 2 aromatic heterocycles. The molecule has 174 valence electrons. The molecular weight excluding hydrogens is 434 g/mol. The number of hydrogen-bond acceptors (Lipinski definition) is 6. The Kier molecular flexibility index (Phi) is 5.53. The molecule has 1 aliphatic heterocycles. The van der Waals surface area contributed by atoms with Gasteiger partial charge in [0.05, 0.1) is 22.5 Å². The molecule has 2 aromatic carbocycles. The third-order valence-electron chi connectivity index (χ3n) is 6.03. The van der Waals surface area contributed by atoms with Crippen molar-refractivity contribution in [3.05, 3.63) is 75.8 Å². The zero-order valence-corrected chi connectivity index (χ0v) is 19.2. The van der Waals surface area contributed by atoms with Crippen LogP contribution in [0.1, 0.15) is 36.3 Å². The molecule has 0 bridgehead atoms. The zero-order chi connectivity index (χ0) is 23.8. The second kappa shape index (κ2) is 8.66. The summed E-state index contributed by atoms with van der Waals surface area (Å²) < 4.78 is 13.8. The third-order valence-corrected chi connectivity index (χ3v) is 6.03. The lowest BCUT2D eigenvalue weighted by molar-refractivity contribution is -0.125. The number of aryl methyl sites for hydroxylation is 2. The van der Waals surface area contributed by atoms with Crippen LogP contribution in [-0.2, 0) is 11.3 Å². The van der Waals surface area contributed by atoms with E-state index in [1.54, 1.807) is 11.6 Å². The van der Waals surface area contributed by atoms with Crippen molar-refractivity contribution in [2.75, 3.05) is 6.79 Å². The van der Waals surface area contributed by atoms with Gasteiger partial charge in [-0.2, -0.15) is 10.2 Å². The molecule has 9 heteroatoms. The molecule has 0 saturated heterocycles. The molecule has 4 aromatic rings. The van der Waals surface area contributed by atoms with Crippen LogP contribution in [0.15, 0.2) is 53.3 Å². The lowest BCUT2D eigenvalue weighted by Gasteiger charge is -2.17. The third kappa shape index (κ3) is 3.68. The van der Waals surface area contributed by atoms with Crippen molar-refractivity contribution in [2.24, 2.45) is 0 Å². The number of hydrogen-bond donors (Lipinski definition) is 1. The molecular formula is C25H25N5O4. The highest BCUT2D eigenvalue weighted by Gasteiger charge is 2.25. The second-order valence-electron chi connectivity index (χ2n) is 8.22. The van der Waals surface area contributed by atoms with Gasteiger partial charge < -0.3 is 14.8 Å². The van der Waals surface area contributed by atoms with Crippen molar-refractivity contribution in [2.45, 2.75) is 39.8 Å². The summed E-state index contributed by atoms with van der Waals surface area (Å²) in [7, 11) is 0. The fourth-order valence-corrected chi connectivity index (χ4v) is 4.24. The number of para-hydroxylation sites is 1. The van der Waals surface area contributed by atoms with E-state index in [9.17, 15) is 9.59 Å². The van der Waals surface area contributed by atoms with E-state index in [4.69, 9.17) is 9.47 Å². The lowest BCUT2D eigenvalue weighted by atomic mass is 10.1. The van der Waals surface area contributed by atoms with Gasteiger partial charge in [0.15, 0.2) is 11.5 Å². The van der Waals surface area contributed by atoms with E-state index in [1.807, 2.05) is 62.4 Å². The molecule has 0 fully saturated rings. The number of aromatic nitrogens is 4. The Morgan fingerprint density at radius 2 is 1.85 bits per heavy atom. The summed E-state index contributed by atoms with van der Waals surface area (Å²) in [5.41, 5.74) is 3.24. The minimum atomic E-state index is -0.746. The topological polar surface area (TPSA) is 100 Å². The van der Waals surface area contributed by atoms with Gasteiger partial charge in [-0.3, -0.25) is 9.59 Å². The molecule has 3 heterocycles. The van der Waals surface area contributed by atoms with Crippen LogP contribution >= 0.6 is 0 Å². The minimum Gasteiger partial charge on any atom is -0.454 e. The van der Waals surface area contributed by atoms with Crippen LogP contribution in [0.4, 0.5) is 0 Å². The van der Waals surface area contributed by atoms with E-state index >= 15 is 0 Å². The Morgan fingerprint density at radius 3 is 2.62 bits per heavy atom. The number of nitrogens with zero attached hydrogens (tertiary/aromatic N) is 4. The fraction of sp³-hybridized carbons (Fsp3) is 0.280. The van der Waals surface area contributed by atoms with Crippen LogP contribution in [0.3, 0.4) is 0 Å². The van der Waals surface area contributed by atoms with E-state index in [2.05, 4.69) is 15.5 Å². The smallest absolute Gasteiger partial charge is 0.278 e. The van der Waals surface area contributed by atoms with Gasteiger partial charge in [-0.1, -0.05) is 31.2 Å². The summed E-state index contributed by atoms with van der Waals surface area (Å²) in [4.78, 5) is 26.6. The van der Waals surface area contributed by atoms with Crippen LogP contribution in [0, 0.1) is 13.8 Å².